The summed E-state index contributed by atoms with van der Waals surface area (Å²) in [5, 5.41) is 20.1. The lowest BCUT2D eigenvalue weighted by molar-refractivity contribution is -0.153. The standard InChI is InChI=1S/C32H44O8/c1-4-5-6-7-8-9-10-11-12-13-30(35)40-31(23-15-17-27(34)29(20-23)38-3)25-21-39-32(36)24(25)18-22-14-16-26(33)28(19-22)37-2/h14-17,19-20,24-25,31,33-34H,4-13,18,21H2,1-3H3/t24-,25+,31?/m1/s1. The van der Waals surface area contributed by atoms with Crippen molar-refractivity contribution in [2.45, 2.75) is 83.7 Å². The number of carbonyl (C=O) groups is 2. The maximum atomic E-state index is 13.0. The van der Waals surface area contributed by atoms with Crippen LogP contribution in [0.15, 0.2) is 36.4 Å². The number of rotatable bonds is 17. The van der Waals surface area contributed by atoms with Crippen LogP contribution in [0.4, 0.5) is 0 Å². The molecule has 3 rings (SSSR count). The van der Waals surface area contributed by atoms with Crippen LogP contribution in [0.3, 0.4) is 0 Å². The van der Waals surface area contributed by atoms with E-state index in [-0.39, 0.29) is 35.8 Å². The topological polar surface area (TPSA) is 112 Å². The second-order valence-electron chi connectivity index (χ2n) is 10.5. The Morgan fingerprint density at radius 1 is 0.900 bits per heavy atom. The van der Waals surface area contributed by atoms with Crippen molar-refractivity contribution < 1.29 is 38.7 Å². The van der Waals surface area contributed by atoms with Crippen molar-refractivity contribution in [3.05, 3.63) is 47.5 Å². The highest BCUT2D eigenvalue weighted by molar-refractivity contribution is 5.76. The first kappa shape index (κ1) is 31.1. The third-order valence-electron chi connectivity index (χ3n) is 7.60. The molecule has 1 unspecified atom stereocenters. The Morgan fingerprint density at radius 3 is 2.15 bits per heavy atom. The van der Waals surface area contributed by atoms with Crippen LogP contribution in [0.2, 0.25) is 0 Å². The summed E-state index contributed by atoms with van der Waals surface area (Å²) in [5.41, 5.74) is 1.40. The first-order chi connectivity index (χ1) is 19.4. The summed E-state index contributed by atoms with van der Waals surface area (Å²) in [5.74, 6) is -1.19. The second kappa shape index (κ2) is 16.0. The van der Waals surface area contributed by atoms with Crippen LogP contribution in [0.25, 0.3) is 0 Å². The van der Waals surface area contributed by atoms with Crippen LogP contribution in [-0.2, 0) is 25.5 Å². The Bertz CT molecular complexity index is 1100. The molecule has 0 amide bonds. The van der Waals surface area contributed by atoms with Gasteiger partial charge in [0.1, 0.15) is 6.10 Å². The van der Waals surface area contributed by atoms with Crippen molar-refractivity contribution in [1.29, 1.82) is 0 Å². The minimum absolute atomic E-state index is 0.0105. The summed E-state index contributed by atoms with van der Waals surface area (Å²) in [6, 6.07) is 9.75. The highest BCUT2D eigenvalue weighted by Crippen LogP contribution is 2.41. The Hall–Kier alpha value is -3.42. The first-order valence-corrected chi connectivity index (χ1v) is 14.5. The summed E-state index contributed by atoms with van der Waals surface area (Å²) < 4.78 is 22.0. The zero-order chi connectivity index (χ0) is 28.9. The summed E-state index contributed by atoms with van der Waals surface area (Å²) in [7, 11) is 2.92. The van der Waals surface area contributed by atoms with E-state index in [1.807, 2.05) is 0 Å². The second-order valence-corrected chi connectivity index (χ2v) is 10.5. The van der Waals surface area contributed by atoms with Gasteiger partial charge in [-0.15, -0.1) is 0 Å². The van der Waals surface area contributed by atoms with Gasteiger partial charge in [-0.3, -0.25) is 9.59 Å². The number of benzene rings is 2. The summed E-state index contributed by atoms with van der Waals surface area (Å²) in [6.07, 6.45) is 10.2. The molecule has 1 fully saturated rings. The van der Waals surface area contributed by atoms with Crippen molar-refractivity contribution in [3.8, 4) is 23.0 Å². The third kappa shape index (κ3) is 8.80. The Balaban J connectivity index is 1.70. The monoisotopic (exact) mass is 556 g/mol. The smallest absolute Gasteiger partial charge is 0.309 e. The molecule has 1 aliphatic heterocycles. The van der Waals surface area contributed by atoms with Gasteiger partial charge in [-0.1, -0.05) is 70.4 Å². The number of esters is 2. The van der Waals surface area contributed by atoms with Crippen molar-refractivity contribution in [3.63, 3.8) is 0 Å². The summed E-state index contributed by atoms with van der Waals surface area (Å²) in [6.45, 7) is 2.31. The highest BCUT2D eigenvalue weighted by atomic mass is 16.6. The fourth-order valence-electron chi connectivity index (χ4n) is 5.27. The van der Waals surface area contributed by atoms with Gasteiger partial charge >= 0.3 is 11.9 Å². The molecule has 8 nitrogen and oxygen atoms in total. The minimum atomic E-state index is -0.768. The average molecular weight is 557 g/mol. The molecule has 1 saturated heterocycles. The van der Waals surface area contributed by atoms with Crippen LogP contribution in [-0.4, -0.2) is 43.0 Å². The molecule has 3 atom stereocenters. The van der Waals surface area contributed by atoms with E-state index < -0.39 is 17.9 Å². The van der Waals surface area contributed by atoms with E-state index in [1.165, 1.54) is 64.9 Å². The van der Waals surface area contributed by atoms with E-state index in [0.29, 0.717) is 24.2 Å². The van der Waals surface area contributed by atoms with E-state index in [1.54, 1.807) is 24.3 Å². The lowest BCUT2D eigenvalue weighted by Crippen LogP contribution is -2.28. The maximum absolute atomic E-state index is 13.0. The van der Waals surface area contributed by atoms with Gasteiger partial charge in [0.25, 0.3) is 0 Å². The molecule has 40 heavy (non-hydrogen) atoms. The van der Waals surface area contributed by atoms with Gasteiger partial charge in [0.15, 0.2) is 23.0 Å². The molecule has 0 bridgehead atoms. The number of phenolic OH excluding ortho intramolecular Hbond substituents is 2. The lowest BCUT2D eigenvalue weighted by atomic mass is 9.82. The molecular formula is C32H44O8. The molecule has 220 valence electrons. The van der Waals surface area contributed by atoms with E-state index in [9.17, 15) is 19.8 Å². The molecule has 2 N–H and O–H groups in total. The van der Waals surface area contributed by atoms with Crippen LogP contribution in [0.5, 0.6) is 23.0 Å². The van der Waals surface area contributed by atoms with Crippen LogP contribution in [0, 0.1) is 11.8 Å². The molecule has 2 aromatic rings. The summed E-state index contributed by atoms with van der Waals surface area (Å²) >= 11 is 0. The van der Waals surface area contributed by atoms with Gasteiger partial charge in [-0.25, -0.2) is 0 Å². The minimum Gasteiger partial charge on any atom is -0.504 e. The number of cyclic esters (lactones) is 1. The zero-order valence-corrected chi connectivity index (χ0v) is 24.0. The van der Waals surface area contributed by atoms with Gasteiger partial charge in [0.05, 0.1) is 26.7 Å². The molecule has 0 radical (unpaired) electrons. The number of carbonyl (C=O) groups excluding carboxylic acids is 2. The van der Waals surface area contributed by atoms with Crippen molar-refractivity contribution in [2.24, 2.45) is 11.8 Å². The average Bonchev–Trinajstić information content (AvgIpc) is 3.31. The molecule has 0 aromatic heterocycles. The molecule has 0 saturated carbocycles. The van der Waals surface area contributed by atoms with Gasteiger partial charge in [-0.2, -0.15) is 0 Å². The van der Waals surface area contributed by atoms with Crippen LogP contribution >= 0.6 is 0 Å². The van der Waals surface area contributed by atoms with Crippen molar-refractivity contribution in [1.82, 2.24) is 0 Å². The first-order valence-electron chi connectivity index (χ1n) is 14.5. The van der Waals surface area contributed by atoms with Gasteiger partial charge in [0, 0.05) is 12.3 Å². The van der Waals surface area contributed by atoms with E-state index >= 15 is 0 Å². The Labute approximate surface area is 237 Å². The normalized spacial score (nSPS) is 17.3. The molecule has 2 aromatic carbocycles. The fraction of sp³-hybridized carbons (Fsp3) is 0.562. The predicted molar refractivity (Wildman–Crippen MR) is 152 cm³/mol. The molecule has 1 aliphatic rings. The zero-order valence-electron chi connectivity index (χ0n) is 24.0. The molecule has 0 spiro atoms. The SMILES string of the molecule is CCCCCCCCCCCC(=O)OC(c1ccc(O)c(OC)c1)[C@H]1COC(=O)[C@@H]1Cc1ccc(O)c(OC)c1. The number of aromatic hydroxyl groups is 2. The Morgan fingerprint density at radius 2 is 1.50 bits per heavy atom. The number of phenols is 2. The van der Waals surface area contributed by atoms with Crippen LogP contribution in [0.1, 0.15) is 88.4 Å². The van der Waals surface area contributed by atoms with E-state index in [2.05, 4.69) is 6.92 Å². The number of ether oxygens (including phenoxy) is 4. The number of methoxy groups -OCH3 is 2. The summed E-state index contributed by atoms with van der Waals surface area (Å²) in [4.78, 5) is 25.9. The van der Waals surface area contributed by atoms with Gasteiger partial charge < -0.3 is 29.2 Å². The predicted octanol–water partition coefficient (Wildman–Crippen LogP) is 6.65. The van der Waals surface area contributed by atoms with E-state index in [0.717, 1.165) is 24.8 Å². The molecule has 8 heteroatoms. The number of hydrogen-bond donors (Lipinski definition) is 2. The van der Waals surface area contributed by atoms with Crippen molar-refractivity contribution in [2.75, 3.05) is 20.8 Å². The molecule has 1 heterocycles. The molecular weight excluding hydrogens is 512 g/mol. The van der Waals surface area contributed by atoms with Gasteiger partial charge in [-0.05, 0) is 48.2 Å². The third-order valence-corrected chi connectivity index (χ3v) is 7.60. The quantitative estimate of drug-likeness (QED) is 0.165. The van der Waals surface area contributed by atoms with Gasteiger partial charge in [0.2, 0.25) is 0 Å². The highest BCUT2D eigenvalue weighted by Gasteiger charge is 2.44. The molecule has 0 aliphatic carbocycles. The number of unbranched alkanes of at least 4 members (excludes halogenated alkanes) is 8. The number of hydrogen-bond acceptors (Lipinski definition) is 8. The van der Waals surface area contributed by atoms with Crippen molar-refractivity contribution >= 4 is 11.9 Å². The lowest BCUT2D eigenvalue weighted by Gasteiger charge is -2.27. The largest absolute Gasteiger partial charge is 0.504 e. The Kier molecular flexibility index (Phi) is 12.4. The van der Waals surface area contributed by atoms with Crippen LogP contribution < -0.4 is 9.47 Å². The van der Waals surface area contributed by atoms with E-state index in [4.69, 9.17) is 18.9 Å². The fourth-order valence-corrected chi connectivity index (χ4v) is 5.27. The maximum Gasteiger partial charge on any atom is 0.309 e.